The average molecular weight is 340 g/mol. The van der Waals surface area contributed by atoms with E-state index >= 15 is 0 Å². The lowest BCUT2D eigenvalue weighted by Gasteiger charge is -2.53. The zero-order chi connectivity index (χ0) is 16.2. The van der Waals surface area contributed by atoms with Crippen LogP contribution >= 0.6 is 0 Å². The van der Waals surface area contributed by atoms with Crippen LogP contribution in [0.25, 0.3) is 0 Å². The van der Waals surface area contributed by atoms with E-state index in [0.717, 1.165) is 37.5 Å². The van der Waals surface area contributed by atoms with Gasteiger partial charge >= 0.3 is 0 Å². The first-order valence-electron chi connectivity index (χ1n) is 8.71. The molecule has 23 heavy (non-hydrogen) atoms. The Kier molecular flexibility index (Phi) is 3.66. The van der Waals surface area contributed by atoms with Crippen LogP contribution in [0.15, 0.2) is 0 Å². The molecule has 2 N–H and O–H groups in total. The number of hydrazine groups is 1. The van der Waals surface area contributed by atoms with Gasteiger partial charge < -0.3 is 0 Å². The highest BCUT2D eigenvalue weighted by atomic mass is 32.2. The number of carbonyl (C=O) groups is 2. The molecule has 6 nitrogen and oxygen atoms in total. The summed E-state index contributed by atoms with van der Waals surface area (Å²) in [6.07, 6.45) is 6.30. The SMILES string of the molecule is O=C(NNC(=O)C1C2CC3CC(C2)CC1C3)C1CCS(=O)(=O)C1. The molecule has 4 saturated carbocycles. The van der Waals surface area contributed by atoms with Gasteiger partial charge in [0.2, 0.25) is 11.8 Å². The molecule has 0 aromatic rings. The summed E-state index contributed by atoms with van der Waals surface area (Å²) in [6, 6.07) is 0. The molecule has 2 amide bonds. The molecule has 1 saturated heterocycles. The summed E-state index contributed by atoms with van der Waals surface area (Å²) in [7, 11) is -3.09. The van der Waals surface area contributed by atoms with Gasteiger partial charge in [-0.3, -0.25) is 20.4 Å². The van der Waals surface area contributed by atoms with Gasteiger partial charge in [0.25, 0.3) is 0 Å². The summed E-state index contributed by atoms with van der Waals surface area (Å²) in [4.78, 5) is 24.6. The Morgan fingerprint density at radius 3 is 1.91 bits per heavy atom. The van der Waals surface area contributed by atoms with Crippen LogP contribution < -0.4 is 10.9 Å². The molecule has 1 heterocycles. The molecule has 4 aliphatic carbocycles. The maximum Gasteiger partial charge on any atom is 0.242 e. The van der Waals surface area contributed by atoms with Gasteiger partial charge in [-0.25, -0.2) is 8.42 Å². The lowest BCUT2D eigenvalue weighted by molar-refractivity contribution is -0.142. The smallest absolute Gasteiger partial charge is 0.242 e. The van der Waals surface area contributed by atoms with Crippen molar-refractivity contribution in [2.24, 2.45) is 35.5 Å². The van der Waals surface area contributed by atoms with E-state index in [4.69, 9.17) is 0 Å². The van der Waals surface area contributed by atoms with E-state index in [9.17, 15) is 18.0 Å². The number of carbonyl (C=O) groups excluding carboxylic acids is 2. The van der Waals surface area contributed by atoms with Crippen LogP contribution in [0.5, 0.6) is 0 Å². The maximum atomic E-state index is 12.5. The summed E-state index contributed by atoms with van der Waals surface area (Å²) in [5.74, 6) is 1.55. The van der Waals surface area contributed by atoms with E-state index in [1.807, 2.05) is 0 Å². The van der Waals surface area contributed by atoms with E-state index in [1.165, 1.54) is 6.42 Å². The molecular weight excluding hydrogens is 316 g/mol. The van der Waals surface area contributed by atoms with Crippen molar-refractivity contribution in [2.45, 2.75) is 38.5 Å². The molecule has 0 aromatic carbocycles. The fourth-order valence-electron chi connectivity index (χ4n) is 5.66. The van der Waals surface area contributed by atoms with Gasteiger partial charge in [-0.15, -0.1) is 0 Å². The summed E-state index contributed by atoms with van der Waals surface area (Å²) in [5.41, 5.74) is 5.05. The van der Waals surface area contributed by atoms with E-state index in [2.05, 4.69) is 10.9 Å². The number of hydrogen-bond acceptors (Lipinski definition) is 4. The van der Waals surface area contributed by atoms with Gasteiger partial charge in [-0.1, -0.05) is 0 Å². The minimum absolute atomic E-state index is 0.0235. The lowest BCUT2D eigenvalue weighted by atomic mass is 9.52. The third-order valence-corrected chi connectivity index (χ3v) is 8.21. The molecule has 0 aromatic heterocycles. The first-order valence-corrected chi connectivity index (χ1v) is 10.5. The van der Waals surface area contributed by atoms with Crippen molar-refractivity contribution in [3.05, 3.63) is 0 Å². The van der Waals surface area contributed by atoms with Gasteiger partial charge in [0.15, 0.2) is 9.84 Å². The molecule has 5 rings (SSSR count). The van der Waals surface area contributed by atoms with Gasteiger partial charge in [-0.05, 0) is 62.2 Å². The second-order valence-electron chi connectivity index (χ2n) is 8.03. The number of rotatable bonds is 2. The summed E-state index contributed by atoms with van der Waals surface area (Å²) in [5, 5.41) is 0. The molecule has 0 radical (unpaired) electrons. The molecule has 0 spiro atoms. The highest BCUT2D eigenvalue weighted by molar-refractivity contribution is 7.91. The van der Waals surface area contributed by atoms with Crippen molar-refractivity contribution in [1.29, 1.82) is 0 Å². The fourth-order valence-corrected chi connectivity index (χ4v) is 7.41. The lowest BCUT2D eigenvalue weighted by Crippen LogP contribution is -2.54. The van der Waals surface area contributed by atoms with Gasteiger partial charge in [0, 0.05) is 5.92 Å². The Morgan fingerprint density at radius 2 is 1.39 bits per heavy atom. The number of nitrogens with one attached hydrogen (secondary N) is 2. The number of amides is 2. The van der Waals surface area contributed by atoms with Crippen LogP contribution in [0.2, 0.25) is 0 Å². The van der Waals surface area contributed by atoms with Crippen molar-refractivity contribution in [1.82, 2.24) is 10.9 Å². The van der Waals surface area contributed by atoms with Crippen molar-refractivity contribution >= 4 is 21.7 Å². The maximum absolute atomic E-state index is 12.5. The zero-order valence-electron chi connectivity index (χ0n) is 13.2. The summed E-state index contributed by atoms with van der Waals surface area (Å²) < 4.78 is 22.9. The van der Waals surface area contributed by atoms with Crippen molar-refractivity contribution in [2.75, 3.05) is 11.5 Å². The first kappa shape index (κ1) is 15.4. The first-order chi connectivity index (χ1) is 10.9. The zero-order valence-corrected chi connectivity index (χ0v) is 14.0. The second kappa shape index (κ2) is 5.46. The molecule has 1 atom stereocenters. The Bertz CT molecular complexity index is 602. The Labute approximate surface area is 136 Å². The highest BCUT2D eigenvalue weighted by Crippen LogP contribution is 2.56. The molecule has 7 heteroatoms. The quantitative estimate of drug-likeness (QED) is 0.722. The molecule has 1 unspecified atom stereocenters. The monoisotopic (exact) mass is 340 g/mol. The van der Waals surface area contributed by atoms with Crippen molar-refractivity contribution in [3.8, 4) is 0 Å². The van der Waals surface area contributed by atoms with E-state index in [-0.39, 0.29) is 29.2 Å². The summed E-state index contributed by atoms with van der Waals surface area (Å²) >= 11 is 0. The predicted molar refractivity (Wildman–Crippen MR) is 83.6 cm³/mol. The predicted octanol–water partition coefficient (Wildman–Crippen LogP) is 0.641. The van der Waals surface area contributed by atoms with E-state index in [1.54, 1.807) is 0 Å². The molecule has 1 aliphatic heterocycles. The van der Waals surface area contributed by atoms with Crippen LogP contribution in [0, 0.1) is 35.5 Å². The number of sulfone groups is 1. The van der Waals surface area contributed by atoms with Crippen molar-refractivity contribution in [3.63, 3.8) is 0 Å². The Hall–Kier alpha value is -1.11. The fraction of sp³-hybridized carbons (Fsp3) is 0.875. The Morgan fingerprint density at radius 1 is 0.826 bits per heavy atom. The van der Waals surface area contributed by atoms with Gasteiger partial charge in [-0.2, -0.15) is 0 Å². The average Bonchev–Trinajstić information content (AvgIpc) is 2.84. The number of hydrogen-bond donors (Lipinski definition) is 2. The second-order valence-corrected chi connectivity index (χ2v) is 10.3. The van der Waals surface area contributed by atoms with E-state index in [0.29, 0.717) is 18.3 Å². The van der Waals surface area contributed by atoms with Gasteiger partial charge in [0.1, 0.15) is 0 Å². The third kappa shape index (κ3) is 2.88. The third-order valence-electron chi connectivity index (χ3n) is 6.44. The highest BCUT2D eigenvalue weighted by Gasteiger charge is 2.50. The molecule has 4 bridgehead atoms. The Balaban J connectivity index is 1.33. The van der Waals surface area contributed by atoms with Crippen LogP contribution in [-0.4, -0.2) is 31.7 Å². The van der Waals surface area contributed by atoms with Gasteiger partial charge in [0.05, 0.1) is 17.4 Å². The van der Waals surface area contributed by atoms with Crippen LogP contribution in [0.1, 0.15) is 38.5 Å². The van der Waals surface area contributed by atoms with E-state index < -0.39 is 15.8 Å². The topological polar surface area (TPSA) is 92.3 Å². The van der Waals surface area contributed by atoms with Crippen molar-refractivity contribution < 1.29 is 18.0 Å². The standard InChI is InChI=1S/C16H24N2O4S/c19-15(11-1-2-23(21,22)8-11)17-18-16(20)14-12-4-9-3-10(6-12)7-13(14)5-9/h9-14H,1-8H2,(H,17,19)(H,18,20). The minimum atomic E-state index is -3.09. The molecule has 5 fully saturated rings. The largest absolute Gasteiger partial charge is 0.273 e. The normalized spacial score (nSPS) is 43.3. The molecular formula is C16H24N2O4S. The van der Waals surface area contributed by atoms with Crippen LogP contribution in [0.3, 0.4) is 0 Å². The van der Waals surface area contributed by atoms with Crippen LogP contribution in [-0.2, 0) is 19.4 Å². The van der Waals surface area contributed by atoms with Crippen LogP contribution in [0.4, 0.5) is 0 Å². The minimum Gasteiger partial charge on any atom is -0.273 e. The molecule has 128 valence electrons. The summed E-state index contributed by atoms with van der Waals surface area (Å²) in [6.45, 7) is 0. The molecule has 5 aliphatic rings.